The summed E-state index contributed by atoms with van der Waals surface area (Å²) in [5, 5.41) is 10.8. The molecule has 0 unspecified atom stereocenters. The summed E-state index contributed by atoms with van der Waals surface area (Å²) in [6.45, 7) is 2.73. The Morgan fingerprint density at radius 2 is 2.03 bits per heavy atom. The Morgan fingerprint density at radius 1 is 1.31 bits per heavy atom. The molecule has 0 atom stereocenters. The van der Waals surface area contributed by atoms with Gasteiger partial charge in [0, 0.05) is 23.9 Å². The van der Waals surface area contributed by atoms with Gasteiger partial charge in [-0.3, -0.25) is 4.68 Å². The molecule has 6 nitrogen and oxygen atoms in total. The van der Waals surface area contributed by atoms with Crippen LogP contribution in [-0.2, 0) is 17.5 Å². The van der Waals surface area contributed by atoms with Crippen molar-refractivity contribution in [2.24, 2.45) is 0 Å². The second-order valence-corrected chi connectivity index (χ2v) is 10.5. The molecule has 12 heteroatoms. The van der Waals surface area contributed by atoms with E-state index in [9.17, 15) is 18.0 Å². The zero-order valence-corrected chi connectivity index (χ0v) is 22.5. The Balaban J connectivity index is 1.38. The minimum Gasteiger partial charge on any atom is -0.462 e. The molecule has 2 aromatic heterocycles. The Morgan fingerprint density at radius 3 is 2.67 bits per heavy atom. The third-order valence-corrected chi connectivity index (χ3v) is 7.64. The highest BCUT2D eigenvalue weighted by Crippen LogP contribution is 2.47. The van der Waals surface area contributed by atoms with E-state index in [0.29, 0.717) is 40.9 Å². The Labute approximate surface area is 224 Å². The lowest BCUT2D eigenvalue weighted by Gasteiger charge is -2.11. The number of thiocarbonyl (C=S) groups is 1. The summed E-state index contributed by atoms with van der Waals surface area (Å²) in [5.41, 5.74) is 1.08. The molecule has 1 saturated carbocycles. The average molecular weight is 602 g/mol. The van der Waals surface area contributed by atoms with E-state index in [-0.39, 0.29) is 17.0 Å². The number of benzene rings is 1. The number of aryl methyl sites for hydroxylation is 1. The third-order valence-electron chi connectivity index (χ3n) is 5.51. The number of carbonyl (C=O) groups excluding carboxylic acids is 1. The highest BCUT2D eigenvalue weighted by molar-refractivity contribution is 9.10. The van der Waals surface area contributed by atoms with Crippen LogP contribution in [0, 0.1) is 0 Å². The van der Waals surface area contributed by atoms with Crippen molar-refractivity contribution in [2.75, 3.05) is 18.5 Å². The van der Waals surface area contributed by atoms with E-state index in [1.807, 2.05) is 30.3 Å². The maximum atomic E-state index is 13.3. The van der Waals surface area contributed by atoms with Crippen molar-refractivity contribution in [3.63, 3.8) is 0 Å². The van der Waals surface area contributed by atoms with Gasteiger partial charge in [0.05, 0.1) is 22.3 Å². The highest BCUT2D eigenvalue weighted by Gasteiger charge is 2.41. The average Bonchev–Trinajstić information content (AvgIpc) is 3.48. The molecule has 0 radical (unpaired) electrons. The summed E-state index contributed by atoms with van der Waals surface area (Å²) in [5.74, 6) is -0.337. The van der Waals surface area contributed by atoms with E-state index >= 15 is 0 Å². The second kappa shape index (κ2) is 11.3. The van der Waals surface area contributed by atoms with Gasteiger partial charge in [-0.25, -0.2) is 4.79 Å². The van der Waals surface area contributed by atoms with E-state index in [0.717, 1.165) is 23.3 Å². The van der Waals surface area contributed by atoms with Gasteiger partial charge in [0.15, 0.2) is 10.8 Å². The minimum absolute atomic E-state index is 0.0426. The first kappa shape index (κ1) is 26.6. The Kier molecular flexibility index (Phi) is 8.36. The van der Waals surface area contributed by atoms with E-state index in [1.54, 1.807) is 13.0 Å². The van der Waals surface area contributed by atoms with Gasteiger partial charge in [-0.2, -0.15) is 18.3 Å². The molecule has 1 aliphatic carbocycles. The first-order valence-corrected chi connectivity index (χ1v) is 13.5. The third kappa shape index (κ3) is 6.27. The molecule has 3 aromatic rings. The first-order chi connectivity index (χ1) is 17.2. The molecule has 2 heterocycles. The molecular weight excluding hydrogens is 577 g/mol. The SMILES string of the molecule is CCOC(=O)c1cc(-c2ccccc2)sc1NC(=S)NCCCn1nc(C(F)(F)F)c(Br)c1C1CC1. The lowest BCUT2D eigenvalue weighted by molar-refractivity contribution is -0.142. The zero-order chi connectivity index (χ0) is 25.9. The fraction of sp³-hybridized carbons (Fsp3) is 0.375. The van der Waals surface area contributed by atoms with Crippen LogP contribution in [0.25, 0.3) is 10.4 Å². The van der Waals surface area contributed by atoms with Crippen molar-refractivity contribution in [3.8, 4) is 10.4 Å². The number of hydrogen-bond donors (Lipinski definition) is 2. The fourth-order valence-electron chi connectivity index (χ4n) is 3.72. The number of anilines is 1. The number of hydrogen-bond acceptors (Lipinski definition) is 5. The highest BCUT2D eigenvalue weighted by atomic mass is 79.9. The predicted molar refractivity (Wildman–Crippen MR) is 141 cm³/mol. The van der Waals surface area contributed by atoms with Gasteiger partial charge in [-0.15, -0.1) is 11.3 Å². The number of thiophene rings is 1. The molecule has 0 amide bonds. The summed E-state index contributed by atoms with van der Waals surface area (Å²) >= 11 is 9.90. The summed E-state index contributed by atoms with van der Waals surface area (Å²) in [6, 6.07) is 11.4. The fourth-order valence-corrected chi connectivity index (χ4v) is 5.88. The van der Waals surface area contributed by atoms with Crippen LogP contribution in [-0.4, -0.2) is 34.0 Å². The Bertz CT molecular complexity index is 1240. The van der Waals surface area contributed by atoms with Gasteiger partial charge < -0.3 is 15.4 Å². The quantitative estimate of drug-likeness (QED) is 0.159. The van der Waals surface area contributed by atoms with Crippen LogP contribution >= 0.6 is 39.5 Å². The lowest BCUT2D eigenvalue weighted by Crippen LogP contribution is -2.30. The number of alkyl halides is 3. The van der Waals surface area contributed by atoms with Crippen molar-refractivity contribution in [3.05, 3.63) is 57.8 Å². The van der Waals surface area contributed by atoms with Crippen molar-refractivity contribution in [1.29, 1.82) is 0 Å². The maximum absolute atomic E-state index is 13.3. The minimum atomic E-state index is -4.51. The van der Waals surface area contributed by atoms with Crippen molar-refractivity contribution >= 4 is 55.6 Å². The molecular formula is C24H24BrF3N4O2S2. The van der Waals surface area contributed by atoms with Crippen LogP contribution in [0.1, 0.15) is 53.8 Å². The number of ether oxygens (including phenoxy) is 1. The largest absolute Gasteiger partial charge is 0.462 e. The molecule has 2 N–H and O–H groups in total. The number of carbonyl (C=O) groups is 1. The van der Waals surface area contributed by atoms with Crippen LogP contribution in [0.15, 0.2) is 40.9 Å². The topological polar surface area (TPSA) is 68.2 Å². The molecule has 0 aliphatic heterocycles. The zero-order valence-electron chi connectivity index (χ0n) is 19.3. The summed E-state index contributed by atoms with van der Waals surface area (Å²) in [4.78, 5) is 13.4. The lowest BCUT2D eigenvalue weighted by atomic mass is 10.1. The molecule has 1 aromatic carbocycles. The summed E-state index contributed by atoms with van der Waals surface area (Å²) in [6.07, 6.45) is -2.27. The van der Waals surface area contributed by atoms with Crippen LogP contribution < -0.4 is 10.6 Å². The standard InChI is InChI=1S/C24H24BrF3N4O2S2/c1-2-34-22(33)16-13-17(14-7-4-3-5-8-14)36-21(16)30-23(35)29-11-6-12-32-19(15-9-10-15)18(25)20(31-32)24(26,27)28/h3-5,7-8,13,15H,2,6,9-12H2,1H3,(H2,29,30,35). The van der Waals surface area contributed by atoms with Crippen LogP contribution in [0.2, 0.25) is 0 Å². The van der Waals surface area contributed by atoms with Gasteiger partial charge >= 0.3 is 12.1 Å². The van der Waals surface area contributed by atoms with Gasteiger partial charge in [-0.1, -0.05) is 30.3 Å². The van der Waals surface area contributed by atoms with E-state index in [2.05, 4.69) is 31.7 Å². The number of aromatic nitrogens is 2. The van der Waals surface area contributed by atoms with Gasteiger partial charge in [-0.05, 0) is 66.0 Å². The first-order valence-electron chi connectivity index (χ1n) is 11.4. The molecule has 0 saturated heterocycles. The normalized spacial score (nSPS) is 13.5. The summed E-state index contributed by atoms with van der Waals surface area (Å²) < 4.78 is 46.6. The molecule has 4 rings (SSSR count). The molecule has 1 aliphatic rings. The monoisotopic (exact) mass is 600 g/mol. The summed E-state index contributed by atoms with van der Waals surface area (Å²) in [7, 11) is 0. The second-order valence-electron chi connectivity index (χ2n) is 8.22. The molecule has 192 valence electrons. The van der Waals surface area contributed by atoms with E-state index in [1.165, 1.54) is 16.0 Å². The number of rotatable bonds is 9. The van der Waals surface area contributed by atoms with Crippen LogP contribution in [0.3, 0.4) is 0 Å². The maximum Gasteiger partial charge on any atom is 0.436 e. The van der Waals surface area contributed by atoms with Crippen molar-refractivity contribution in [2.45, 2.75) is 44.8 Å². The Hall–Kier alpha value is -2.44. The van der Waals surface area contributed by atoms with Crippen LogP contribution in [0.5, 0.6) is 0 Å². The van der Waals surface area contributed by atoms with E-state index < -0.39 is 17.8 Å². The van der Waals surface area contributed by atoms with Gasteiger partial charge in [0.1, 0.15) is 5.00 Å². The van der Waals surface area contributed by atoms with Crippen molar-refractivity contribution in [1.82, 2.24) is 15.1 Å². The molecule has 1 fully saturated rings. The predicted octanol–water partition coefficient (Wildman–Crippen LogP) is 6.82. The molecule has 0 bridgehead atoms. The number of nitrogens with zero attached hydrogens (tertiary/aromatic N) is 2. The number of halogens is 4. The van der Waals surface area contributed by atoms with Crippen LogP contribution in [0.4, 0.5) is 18.2 Å². The van der Waals surface area contributed by atoms with E-state index in [4.69, 9.17) is 17.0 Å². The molecule has 36 heavy (non-hydrogen) atoms. The van der Waals surface area contributed by atoms with Crippen molar-refractivity contribution < 1.29 is 22.7 Å². The van der Waals surface area contributed by atoms with Gasteiger partial charge in [0.25, 0.3) is 0 Å². The smallest absolute Gasteiger partial charge is 0.436 e. The molecule has 0 spiro atoms. The number of esters is 1. The number of nitrogens with one attached hydrogen (secondary N) is 2. The van der Waals surface area contributed by atoms with Gasteiger partial charge in [0.2, 0.25) is 0 Å².